The van der Waals surface area contributed by atoms with Gasteiger partial charge in [0.05, 0.1) is 18.8 Å². The fourth-order valence-electron chi connectivity index (χ4n) is 3.31. The predicted octanol–water partition coefficient (Wildman–Crippen LogP) is -0.148. The van der Waals surface area contributed by atoms with Gasteiger partial charge >= 0.3 is 5.97 Å². The molecule has 2 aliphatic rings. The van der Waals surface area contributed by atoms with Crippen LogP contribution in [0.15, 0.2) is 42.5 Å². The number of aliphatic hydroxyl groups is 4. The van der Waals surface area contributed by atoms with Gasteiger partial charge in [0.2, 0.25) is 0 Å². The van der Waals surface area contributed by atoms with Crippen LogP contribution < -0.4 is 0 Å². The Bertz CT molecular complexity index is 760. The average molecular weight is 422 g/mol. The summed E-state index contributed by atoms with van der Waals surface area (Å²) in [5, 5.41) is 49.4. The van der Waals surface area contributed by atoms with E-state index in [2.05, 4.69) is 0 Å². The first-order valence-corrected chi connectivity index (χ1v) is 9.67. The van der Waals surface area contributed by atoms with Gasteiger partial charge in [0, 0.05) is 6.08 Å². The van der Waals surface area contributed by atoms with Crippen molar-refractivity contribution in [2.24, 2.45) is 0 Å². The third-order valence-electron chi connectivity index (χ3n) is 5.03. The van der Waals surface area contributed by atoms with E-state index in [4.69, 9.17) is 14.2 Å². The number of hydrogen-bond donors (Lipinski definition) is 5. The van der Waals surface area contributed by atoms with Crippen LogP contribution >= 0.6 is 0 Å². The lowest BCUT2D eigenvalue weighted by atomic mass is 9.98. The summed E-state index contributed by atoms with van der Waals surface area (Å²) in [6, 6.07) is 6.11. The lowest BCUT2D eigenvalue weighted by molar-refractivity contribution is -0.318. The van der Waals surface area contributed by atoms with Crippen molar-refractivity contribution >= 4 is 12.0 Å². The molecule has 1 aliphatic heterocycles. The summed E-state index contributed by atoms with van der Waals surface area (Å²) < 4.78 is 16.5. The highest BCUT2D eigenvalue weighted by atomic mass is 16.7. The Balaban J connectivity index is 1.71. The van der Waals surface area contributed by atoms with E-state index in [1.165, 1.54) is 18.2 Å². The summed E-state index contributed by atoms with van der Waals surface area (Å²) in [5.41, 5.74) is 0.635. The van der Waals surface area contributed by atoms with E-state index in [1.54, 1.807) is 12.1 Å². The molecule has 9 nitrogen and oxygen atoms in total. The molecule has 1 aromatic carbocycles. The zero-order valence-corrected chi connectivity index (χ0v) is 16.2. The fourth-order valence-corrected chi connectivity index (χ4v) is 3.31. The molecule has 9 heteroatoms. The van der Waals surface area contributed by atoms with Crippen LogP contribution in [0, 0.1) is 0 Å². The molecule has 7 unspecified atom stereocenters. The molecule has 7 atom stereocenters. The Hall–Kier alpha value is -2.27. The molecule has 0 aromatic heterocycles. The van der Waals surface area contributed by atoms with E-state index in [-0.39, 0.29) is 5.75 Å². The molecule has 1 fully saturated rings. The summed E-state index contributed by atoms with van der Waals surface area (Å²) in [6.45, 7) is -0.577. The van der Waals surface area contributed by atoms with E-state index in [0.29, 0.717) is 18.4 Å². The van der Waals surface area contributed by atoms with Crippen molar-refractivity contribution in [2.75, 3.05) is 6.61 Å². The van der Waals surface area contributed by atoms with Gasteiger partial charge in [0.25, 0.3) is 0 Å². The quantitative estimate of drug-likeness (QED) is 0.240. The Morgan fingerprint density at radius 2 is 1.80 bits per heavy atom. The number of carbonyl (C=O) groups excluding carboxylic acids is 1. The van der Waals surface area contributed by atoms with Crippen molar-refractivity contribution < 1.29 is 44.5 Å². The van der Waals surface area contributed by atoms with E-state index >= 15 is 0 Å². The van der Waals surface area contributed by atoms with Crippen LogP contribution in [0.5, 0.6) is 5.75 Å². The number of aliphatic hydroxyl groups excluding tert-OH is 4. The lowest BCUT2D eigenvalue weighted by Crippen LogP contribution is -2.61. The van der Waals surface area contributed by atoms with Gasteiger partial charge in [-0.05, 0) is 36.6 Å². The Labute approximate surface area is 173 Å². The number of carbonyl (C=O) groups is 1. The maximum absolute atomic E-state index is 12.3. The molecule has 1 heterocycles. The van der Waals surface area contributed by atoms with Crippen molar-refractivity contribution in [3.05, 3.63) is 48.1 Å². The molecular weight excluding hydrogens is 396 g/mol. The van der Waals surface area contributed by atoms with Crippen LogP contribution in [0.3, 0.4) is 0 Å². The monoisotopic (exact) mass is 422 g/mol. The summed E-state index contributed by atoms with van der Waals surface area (Å²) in [4.78, 5) is 12.3. The minimum atomic E-state index is -1.57. The van der Waals surface area contributed by atoms with Crippen LogP contribution in [-0.2, 0) is 19.0 Å². The van der Waals surface area contributed by atoms with Gasteiger partial charge in [-0.2, -0.15) is 0 Å². The first-order valence-electron chi connectivity index (χ1n) is 9.67. The van der Waals surface area contributed by atoms with Gasteiger partial charge in [0.15, 0.2) is 12.4 Å². The number of esters is 1. The van der Waals surface area contributed by atoms with E-state index in [1.807, 2.05) is 12.2 Å². The zero-order chi connectivity index (χ0) is 21.7. The average Bonchev–Trinajstić information content (AvgIpc) is 2.74. The second-order valence-corrected chi connectivity index (χ2v) is 7.22. The molecule has 0 saturated carbocycles. The number of ether oxygens (including phenoxy) is 3. The van der Waals surface area contributed by atoms with Crippen molar-refractivity contribution in [1.82, 2.24) is 0 Å². The van der Waals surface area contributed by atoms with Crippen LogP contribution in [0.25, 0.3) is 6.08 Å². The van der Waals surface area contributed by atoms with Crippen LogP contribution in [0.1, 0.15) is 18.4 Å². The minimum Gasteiger partial charge on any atom is -0.508 e. The van der Waals surface area contributed by atoms with Crippen molar-refractivity contribution in [1.29, 1.82) is 0 Å². The maximum Gasteiger partial charge on any atom is 0.331 e. The maximum atomic E-state index is 12.3. The summed E-state index contributed by atoms with van der Waals surface area (Å²) in [5.74, 6) is -0.729. The molecule has 1 aliphatic carbocycles. The van der Waals surface area contributed by atoms with Gasteiger partial charge in [-0.15, -0.1) is 0 Å². The third-order valence-corrected chi connectivity index (χ3v) is 5.03. The number of phenols is 1. The molecule has 30 heavy (non-hydrogen) atoms. The van der Waals surface area contributed by atoms with E-state index in [0.717, 1.165) is 6.08 Å². The molecule has 164 valence electrons. The predicted molar refractivity (Wildman–Crippen MR) is 104 cm³/mol. The van der Waals surface area contributed by atoms with Crippen LogP contribution in [-0.4, -0.2) is 81.0 Å². The van der Waals surface area contributed by atoms with Gasteiger partial charge in [-0.1, -0.05) is 24.3 Å². The highest BCUT2D eigenvalue weighted by Crippen LogP contribution is 2.28. The molecule has 5 N–H and O–H groups in total. The van der Waals surface area contributed by atoms with Crippen LogP contribution in [0.2, 0.25) is 0 Å². The molecule has 0 radical (unpaired) electrons. The van der Waals surface area contributed by atoms with Gasteiger partial charge in [-0.25, -0.2) is 4.79 Å². The third kappa shape index (κ3) is 5.45. The highest BCUT2D eigenvalue weighted by molar-refractivity contribution is 5.87. The molecular formula is C21H26O9. The minimum absolute atomic E-state index is 0.0874. The van der Waals surface area contributed by atoms with Crippen molar-refractivity contribution in [3.63, 3.8) is 0 Å². The van der Waals surface area contributed by atoms with Crippen LogP contribution in [0.4, 0.5) is 0 Å². The number of hydrogen-bond acceptors (Lipinski definition) is 9. The lowest BCUT2D eigenvalue weighted by Gasteiger charge is -2.42. The number of benzene rings is 1. The smallest absolute Gasteiger partial charge is 0.331 e. The normalized spacial score (nSPS) is 34.2. The summed E-state index contributed by atoms with van der Waals surface area (Å²) in [6.07, 6.45) is -1.33. The summed E-state index contributed by atoms with van der Waals surface area (Å²) in [7, 11) is 0. The zero-order valence-electron chi connectivity index (χ0n) is 16.2. The summed E-state index contributed by atoms with van der Waals surface area (Å²) >= 11 is 0. The Kier molecular flexibility index (Phi) is 7.59. The van der Waals surface area contributed by atoms with Gasteiger partial charge in [-0.3, -0.25) is 0 Å². The van der Waals surface area contributed by atoms with Gasteiger partial charge in [0.1, 0.15) is 24.1 Å². The number of phenolic OH excluding ortho intramolecular Hbond substituents is 1. The van der Waals surface area contributed by atoms with E-state index < -0.39 is 55.5 Å². The highest BCUT2D eigenvalue weighted by Gasteiger charge is 2.48. The molecule has 1 aromatic rings. The SMILES string of the molecule is O=C(C=Cc1ccc(O)cc1)OC1C(OC2CC=CCC2O)OC(CO)C(O)C1O. The largest absolute Gasteiger partial charge is 0.508 e. The standard InChI is InChI=1S/C21H26O9/c22-11-16-18(26)19(27)20(21(29-16)28-15-4-2-1-3-14(15)24)30-17(25)10-7-12-5-8-13(23)9-6-12/h1-2,5-10,14-16,18-24,26-27H,3-4,11H2. The molecule has 0 amide bonds. The fraction of sp³-hybridized carbons (Fsp3) is 0.476. The number of aromatic hydroxyl groups is 1. The first kappa shape index (κ1) is 22.4. The molecule has 0 spiro atoms. The first-order chi connectivity index (χ1) is 14.4. The topological polar surface area (TPSA) is 146 Å². The van der Waals surface area contributed by atoms with Crippen molar-refractivity contribution in [2.45, 2.75) is 55.8 Å². The number of rotatable bonds is 6. The second-order valence-electron chi connectivity index (χ2n) is 7.22. The molecule has 3 rings (SSSR count). The Morgan fingerprint density at radius 3 is 2.47 bits per heavy atom. The second kappa shape index (κ2) is 10.2. The molecule has 0 bridgehead atoms. The van der Waals surface area contributed by atoms with E-state index in [9.17, 15) is 30.3 Å². The van der Waals surface area contributed by atoms with Crippen molar-refractivity contribution in [3.8, 4) is 5.75 Å². The van der Waals surface area contributed by atoms with Gasteiger partial charge < -0.3 is 39.7 Å². The Morgan fingerprint density at radius 1 is 1.10 bits per heavy atom. The molecule has 1 saturated heterocycles.